The normalized spacial score (nSPS) is 33.5. The van der Waals surface area contributed by atoms with E-state index in [0.29, 0.717) is 11.2 Å². The van der Waals surface area contributed by atoms with Crippen LogP contribution < -0.4 is 0 Å². The molecular formula is C19H28BrNO. The van der Waals surface area contributed by atoms with Gasteiger partial charge in [-0.2, -0.15) is 0 Å². The van der Waals surface area contributed by atoms with Crippen molar-refractivity contribution in [1.82, 2.24) is 4.90 Å². The van der Waals surface area contributed by atoms with Gasteiger partial charge in [0, 0.05) is 11.5 Å². The van der Waals surface area contributed by atoms with Gasteiger partial charge >= 0.3 is 0 Å². The van der Waals surface area contributed by atoms with Crippen LogP contribution in [0.5, 0.6) is 5.75 Å². The lowest BCUT2D eigenvalue weighted by molar-refractivity contribution is -0.0111. The fourth-order valence-corrected chi connectivity index (χ4v) is 5.64. The lowest BCUT2D eigenvalue weighted by Gasteiger charge is -2.59. The third-order valence-electron chi connectivity index (χ3n) is 6.45. The number of hydrogen-bond donors (Lipinski definition) is 1. The Hall–Kier alpha value is -0.540. The van der Waals surface area contributed by atoms with Crippen molar-refractivity contribution in [2.75, 3.05) is 13.1 Å². The minimum absolute atomic E-state index is 0. The van der Waals surface area contributed by atoms with Gasteiger partial charge in [-0.25, -0.2) is 0 Å². The summed E-state index contributed by atoms with van der Waals surface area (Å²) in [7, 11) is 0. The summed E-state index contributed by atoms with van der Waals surface area (Å²) in [4.78, 5) is 2.77. The largest absolute Gasteiger partial charge is 0.508 e. The van der Waals surface area contributed by atoms with Gasteiger partial charge in [0.05, 0.1) is 0 Å². The van der Waals surface area contributed by atoms with Crippen molar-refractivity contribution in [3.05, 3.63) is 29.3 Å². The van der Waals surface area contributed by atoms with Crippen molar-refractivity contribution in [3.8, 4) is 5.75 Å². The molecule has 22 heavy (non-hydrogen) atoms. The molecule has 1 aromatic carbocycles. The molecule has 0 radical (unpaired) electrons. The molecule has 2 aliphatic carbocycles. The third-order valence-corrected chi connectivity index (χ3v) is 6.45. The van der Waals surface area contributed by atoms with Crippen LogP contribution in [0.25, 0.3) is 0 Å². The van der Waals surface area contributed by atoms with E-state index in [1.54, 1.807) is 0 Å². The second kappa shape index (κ2) is 6.16. The maximum absolute atomic E-state index is 10.00. The zero-order chi connectivity index (χ0) is 14.4. The van der Waals surface area contributed by atoms with Crippen molar-refractivity contribution in [1.29, 1.82) is 0 Å². The van der Waals surface area contributed by atoms with Gasteiger partial charge in [-0.15, -0.1) is 17.0 Å². The molecule has 2 fully saturated rings. The molecule has 1 aliphatic heterocycles. The number of piperidine rings is 1. The molecule has 1 saturated carbocycles. The molecule has 1 aromatic rings. The number of hydrogen-bond acceptors (Lipinski definition) is 2. The molecule has 1 N–H and O–H groups in total. The summed E-state index contributed by atoms with van der Waals surface area (Å²) < 4.78 is 0. The average molecular weight is 366 g/mol. The average Bonchev–Trinajstić information content (AvgIpc) is 2.51. The van der Waals surface area contributed by atoms with E-state index < -0.39 is 0 Å². The Bertz CT molecular complexity index is 546. The van der Waals surface area contributed by atoms with Gasteiger partial charge in [-0.05, 0) is 74.4 Å². The Labute approximate surface area is 144 Å². The zero-order valence-corrected chi connectivity index (χ0v) is 15.3. The zero-order valence-electron chi connectivity index (χ0n) is 13.6. The standard InChI is InChI=1S/C19H27NO.BrH/c1-2-10-20-11-9-19-8-4-3-5-16(19)18(20)12-14-6-7-15(21)13-17(14)19;/h6-7,13,16,18,21H,2-5,8-12H2,1H3;1H/t16-,18+,19+;/m0./s1. The van der Waals surface area contributed by atoms with Gasteiger partial charge < -0.3 is 5.11 Å². The molecule has 2 bridgehead atoms. The summed E-state index contributed by atoms with van der Waals surface area (Å²) in [5.41, 5.74) is 3.38. The molecule has 1 heterocycles. The van der Waals surface area contributed by atoms with Gasteiger partial charge in [0.25, 0.3) is 0 Å². The van der Waals surface area contributed by atoms with E-state index in [2.05, 4.69) is 24.0 Å². The van der Waals surface area contributed by atoms with Gasteiger partial charge in [0.15, 0.2) is 0 Å². The first-order valence-electron chi connectivity index (χ1n) is 8.81. The number of aromatic hydroxyl groups is 1. The molecule has 3 aliphatic rings. The minimum atomic E-state index is 0. The Kier molecular flexibility index (Phi) is 4.57. The van der Waals surface area contributed by atoms with Gasteiger partial charge in [0.2, 0.25) is 0 Å². The molecule has 0 amide bonds. The summed E-state index contributed by atoms with van der Waals surface area (Å²) >= 11 is 0. The first-order chi connectivity index (χ1) is 10.2. The quantitative estimate of drug-likeness (QED) is 0.837. The molecular weight excluding hydrogens is 338 g/mol. The van der Waals surface area contributed by atoms with E-state index in [1.165, 1.54) is 69.2 Å². The fourth-order valence-electron chi connectivity index (χ4n) is 5.64. The highest BCUT2D eigenvalue weighted by Gasteiger charge is 2.53. The van der Waals surface area contributed by atoms with Crippen LogP contribution in [0.2, 0.25) is 0 Å². The SMILES string of the molecule is Br.CCCN1CC[C@]23CCCC[C@H]2[C@H]1Cc1ccc(O)cc13. The smallest absolute Gasteiger partial charge is 0.115 e. The van der Waals surface area contributed by atoms with Crippen molar-refractivity contribution >= 4 is 17.0 Å². The van der Waals surface area contributed by atoms with Gasteiger partial charge in [-0.1, -0.05) is 25.8 Å². The predicted octanol–water partition coefficient (Wildman–Crippen LogP) is 4.44. The van der Waals surface area contributed by atoms with Gasteiger partial charge in [0.1, 0.15) is 5.75 Å². The molecule has 3 heteroatoms. The first kappa shape index (κ1) is 16.3. The number of likely N-dealkylation sites (tertiary alicyclic amines) is 1. The van der Waals surface area contributed by atoms with Crippen LogP contribution in [0.15, 0.2) is 18.2 Å². The second-order valence-electron chi connectivity index (χ2n) is 7.41. The molecule has 0 aromatic heterocycles. The lowest BCUT2D eigenvalue weighted by atomic mass is 9.52. The number of halogens is 1. The first-order valence-corrected chi connectivity index (χ1v) is 8.81. The number of fused-ring (bicyclic) bond motifs is 1. The summed E-state index contributed by atoms with van der Waals surface area (Å²) in [5.74, 6) is 1.28. The topological polar surface area (TPSA) is 23.5 Å². The lowest BCUT2D eigenvalue weighted by Crippen LogP contribution is -2.60. The van der Waals surface area contributed by atoms with E-state index in [0.717, 1.165) is 12.0 Å². The van der Waals surface area contributed by atoms with E-state index >= 15 is 0 Å². The Morgan fingerprint density at radius 1 is 1.27 bits per heavy atom. The molecule has 122 valence electrons. The summed E-state index contributed by atoms with van der Waals surface area (Å²) in [5, 5.41) is 10.00. The van der Waals surface area contributed by atoms with Crippen LogP contribution >= 0.6 is 17.0 Å². The van der Waals surface area contributed by atoms with E-state index in [-0.39, 0.29) is 17.0 Å². The monoisotopic (exact) mass is 365 g/mol. The Balaban J connectivity index is 0.00000144. The molecule has 1 saturated heterocycles. The Morgan fingerprint density at radius 2 is 2.14 bits per heavy atom. The maximum Gasteiger partial charge on any atom is 0.115 e. The second-order valence-corrected chi connectivity index (χ2v) is 7.41. The van der Waals surface area contributed by atoms with Crippen molar-refractivity contribution in [2.24, 2.45) is 5.92 Å². The third kappa shape index (κ3) is 2.32. The van der Waals surface area contributed by atoms with Crippen molar-refractivity contribution in [3.63, 3.8) is 0 Å². The Morgan fingerprint density at radius 3 is 2.95 bits per heavy atom. The van der Waals surface area contributed by atoms with Gasteiger partial charge in [-0.3, -0.25) is 4.90 Å². The molecule has 0 spiro atoms. The summed E-state index contributed by atoms with van der Waals surface area (Å²) in [6.07, 6.45) is 9.25. The summed E-state index contributed by atoms with van der Waals surface area (Å²) in [6, 6.07) is 6.92. The predicted molar refractivity (Wildman–Crippen MR) is 96.0 cm³/mol. The number of nitrogens with zero attached hydrogens (tertiary/aromatic N) is 1. The van der Waals surface area contributed by atoms with E-state index in [1.807, 2.05) is 6.07 Å². The molecule has 3 atom stereocenters. The molecule has 4 rings (SSSR count). The summed E-state index contributed by atoms with van der Waals surface area (Å²) in [6.45, 7) is 4.81. The van der Waals surface area contributed by atoms with Crippen LogP contribution in [0.4, 0.5) is 0 Å². The van der Waals surface area contributed by atoms with Crippen LogP contribution in [-0.4, -0.2) is 29.1 Å². The van der Waals surface area contributed by atoms with E-state index in [9.17, 15) is 5.11 Å². The number of benzene rings is 1. The highest BCUT2D eigenvalue weighted by Crippen LogP contribution is 2.56. The molecule has 2 nitrogen and oxygen atoms in total. The van der Waals surface area contributed by atoms with E-state index in [4.69, 9.17) is 0 Å². The molecule has 0 unspecified atom stereocenters. The number of phenols is 1. The van der Waals surface area contributed by atoms with Crippen LogP contribution in [0.1, 0.15) is 56.6 Å². The van der Waals surface area contributed by atoms with Crippen molar-refractivity contribution in [2.45, 2.75) is 63.3 Å². The minimum Gasteiger partial charge on any atom is -0.508 e. The fraction of sp³-hybridized carbons (Fsp3) is 0.684. The van der Waals surface area contributed by atoms with Crippen molar-refractivity contribution < 1.29 is 5.11 Å². The highest BCUT2D eigenvalue weighted by molar-refractivity contribution is 8.93. The number of rotatable bonds is 2. The van der Waals surface area contributed by atoms with Crippen LogP contribution in [0, 0.1) is 5.92 Å². The van der Waals surface area contributed by atoms with Crippen LogP contribution in [-0.2, 0) is 11.8 Å². The number of phenolic OH excluding ortho intramolecular Hbond substituents is 1. The van der Waals surface area contributed by atoms with Crippen LogP contribution in [0.3, 0.4) is 0 Å². The highest BCUT2D eigenvalue weighted by atomic mass is 79.9. The maximum atomic E-state index is 10.00.